The third-order valence-electron chi connectivity index (χ3n) is 3.60. The van der Waals surface area contributed by atoms with Gasteiger partial charge in [-0.1, -0.05) is 26.2 Å². The van der Waals surface area contributed by atoms with Gasteiger partial charge in [0.2, 0.25) is 0 Å². The van der Waals surface area contributed by atoms with Crippen LogP contribution in [0, 0.1) is 0 Å². The van der Waals surface area contributed by atoms with Crippen LogP contribution in [-0.2, 0) is 9.63 Å². The van der Waals surface area contributed by atoms with Crippen molar-refractivity contribution in [3.63, 3.8) is 0 Å². The van der Waals surface area contributed by atoms with Gasteiger partial charge in [-0.3, -0.25) is 14.6 Å². The number of amides is 1. The highest BCUT2D eigenvalue weighted by atomic mass is 16.7. The predicted molar refractivity (Wildman–Crippen MR) is 66.6 cm³/mol. The summed E-state index contributed by atoms with van der Waals surface area (Å²) in [5, 5.41) is 1.47. The summed E-state index contributed by atoms with van der Waals surface area (Å²) >= 11 is 0. The van der Waals surface area contributed by atoms with E-state index in [0.717, 1.165) is 50.8 Å². The van der Waals surface area contributed by atoms with E-state index < -0.39 is 5.54 Å². The second-order valence-electron chi connectivity index (χ2n) is 4.89. The highest BCUT2D eigenvalue weighted by Crippen LogP contribution is 2.39. The number of carbonyl (C=O) groups is 1. The summed E-state index contributed by atoms with van der Waals surface area (Å²) in [4.78, 5) is 22.5. The molecule has 96 valence electrons. The van der Waals surface area contributed by atoms with Gasteiger partial charge in [0.1, 0.15) is 11.4 Å². The van der Waals surface area contributed by atoms with Gasteiger partial charge in [0, 0.05) is 6.42 Å². The van der Waals surface area contributed by atoms with Gasteiger partial charge in [0.25, 0.3) is 5.91 Å². The third kappa shape index (κ3) is 2.23. The van der Waals surface area contributed by atoms with Gasteiger partial charge in [0.05, 0.1) is 6.61 Å². The average Bonchev–Trinajstić information content (AvgIpc) is 2.89. The summed E-state index contributed by atoms with van der Waals surface area (Å²) in [6.07, 6.45) is 7.03. The lowest BCUT2D eigenvalue weighted by Crippen LogP contribution is -2.41. The fourth-order valence-corrected chi connectivity index (χ4v) is 2.69. The van der Waals surface area contributed by atoms with Gasteiger partial charge in [-0.15, -0.1) is 0 Å². The minimum atomic E-state index is -0.460. The largest absolute Gasteiger partial charge is 0.279 e. The molecule has 0 N–H and O–H groups in total. The molecular formula is C13H22N2O2. The molecule has 2 rings (SSSR count). The lowest BCUT2D eigenvalue weighted by molar-refractivity contribution is -0.164. The molecule has 2 aliphatic rings. The molecule has 0 aromatic carbocycles. The van der Waals surface area contributed by atoms with Crippen LogP contribution in [0.5, 0.6) is 0 Å². The maximum atomic E-state index is 12.4. The molecule has 1 aliphatic heterocycles. The van der Waals surface area contributed by atoms with Gasteiger partial charge >= 0.3 is 0 Å². The Labute approximate surface area is 103 Å². The molecule has 0 radical (unpaired) electrons. The second-order valence-corrected chi connectivity index (χ2v) is 4.89. The van der Waals surface area contributed by atoms with E-state index >= 15 is 0 Å². The highest BCUT2D eigenvalue weighted by molar-refractivity contribution is 6.07. The summed E-state index contributed by atoms with van der Waals surface area (Å²) in [5.74, 6) is 0.920. The molecule has 4 nitrogen and oxygen atoms in total. The molecule has 0 saturated heterocycles. The summed E-state index contributed by atoms with van der Waals surface area (Å²) < 4.78 is 0. The van der Waals surface area contributed by atoms with Crippen molar-refractivity contribution >= 4 is 11.7 Å². The van der Waals surface area contributed by atoms with Gasteiger partial charge in [-0.05, 0) is 26.2 Å². The second kappa shape index (κ2) is 5.17. The maximum absolute atomic E-state index is 12.4. The third-order valence-corrected chi connectivity index (χ3v) is 3.60. The van der Waals surface area contributed by atoms with Crippen LogP contribution in [0.15, 0.2) is 4.99 Å². The number of hydrogen-bond acceptors (Lipinski definition) is 3. The van der Waals surface area contributed by atoms with Crippen LogP contribution >= 0.6 is 0 Å². The molecule has 1 heterocycles. The first-order chi connectivity index (χ1) is 8.23. The first-order valence-corrected chi connectivity index (χ1v) is 6.79. The number of carbonyl (C=O) groups excluding carboxylic acids is 1. The van der Waals surface area contributed by atoms with Gasteiger partial charge < -0.3 is 0 Å². The quantitative estimate of drug-likeness (QED) is 0.739. The van der Waals surface area contributed by atoms with Crippen molar-refractivity contribution < 1.29 is 9.63 Å². The molecule has 1 spiro atoms. The van der Waals surface area contributed by atoms with Crippen molar-refractivity contribution in [3.8, 4) is 0 Å². The summed E-state index contributed by atoms with van der Waals surface area (Å²) in [7, 11) is 0. The fraction of sp³-hybridized carbons (Fsp3) is 0.846. The molecule has 1 saturated carbocycles. The van der Waals surface area contributed by atoms with E-state index in [1.165, 1.54) is 5.06 Å². The Bertz CT molecular complexity index is 319. The number of nitrogens with zero attached hydrogens (tertiary/aromatic N) is 2. The smallest absolute Gasteiger partial charge is 0.269 e. The van der Waals surface area contributed by atoms with Crippen molar-refractivity contribution in [2.45, 2.75) is 64.3 Å². The minimum Gasteiger partial charge on any atom is -0.269 e. The lowest BCUT2D eigenvalue weighted by Gasteiger charge is -2.20. The summed E-state index contributed by atoms with van der Waals surface area (Å²) in [5.41, 5.74) is -0.460. The van der Waals surface area contributed by atoms with Crippen LogP contribution in [0.2, 0.25) is 0 Å². The van der Waals surface area contributed by atoms with Crippen LogP contribution in [0.25, 0.3) is 0 Å². The Hall–Kier alpha value is -0.900. The molecule has 0 aromatic heterocycles. The Morgan fingerprint density at radius 3 is 2.65 bits per heavy atom. The average molecular weight is 238 g/mol. The zero-order chi connectivity index (χ0) is 12.3. The Balaban J connectivity index is 2.16. The zero-order valence-electron chi connectivity index (χ0n) is 10.9. The minimum absolute atomic E-state index is 0.0722. The molecule has 1 amide bonds. The van der Waals surface area contributed by atoms with Crippen LogP contribution in [-0.4, -0.2) is 29.0 Å². The molecular weight excluding hydrogens is 216 g/mol. The summed E-state index contributed by atoms with van der Waals surface area (Å²) in [6, 6.07) is 0. The van der Waals surface area contributed by atoms with Gasteiger partial charge in [-0.2, -0.15) is 5.06 Å². The predicted octanol–water partition coefficient (Wildman–Crippen LogP) is 2.68. The molecule has 0 unspecified atom stereocenters. The number of aliphatic imine (C=N–C) groups is 1. The van der Waals surface area contributed by atoms with E-state index in [4.69, 9.17) is 9.83 Å². The number of hydrogen-bond donors (Lipinski definition) is 0. The zero-order valence-corrected chi connectivity index (χ0v) is 10.9. The molecule has 0 aromatic rings. The van der Waals surface area contributed by atoms with E-state index in [1.807, 2.05) is 6.92 Å². The van der Waals surface area contributed by atoms with Crippen LogP contribution < -0.4 is 0 Å². The first-order valence-electron chi connectivity index (χ1n) is 6.79. The molecule has 0 atom stereocenters. The first kappa shape index (κ1) is 12.6. The van der Waals surface area contributed by atoms with E-state index in [9.17, 15) is 4.79 Å². The van der Waals surface area contributed by atoms with Crippen molar-refractivity contribution in [1.29, 1.82) is 0 Å². The van der Waals surface area contributed by atoms with E-state index in [0.29, 0.717) is 6.61 Å². The number of hydroxylamine groups is 2. The van der Waals surface area contributed by atoms with Crippen molar-refractivity contribution in [1.82, 2.24) is 5.06 Å². The Morgan fingerprint density at radius 1 is 1.35 bits per heavy atom. The molecule has 4 heteroatoms. The number of amidine groups is 1. The normalized spacial score (nSPS) is 22.6. The standard InChI is InChI=1S/C13H22N2O2/c1-3-5-8-11-14-13(9-6-7-10-13)12(16)15(11)17-4-2/h3-10H2,1-2H3. The molecule has 0 bridgehead atoms. The van der Waals surface area contributed by atoms with Crippen molar-refractivity contribution in [2.75, 3.05) is 6.61 Å². The lowest BCUT2D eigenvalue weighted by atomic mass is 9.99. The molecule has 17 heavy (non-hydrogen) atoms. The van der Waals surface area contributed by atoms with Crippen LogP contribution in [0.4, 0.5) is 0 Å². The SMILES string of the molecule is CCCCC1=NC2(CCCC2)C(=O)N1OCC. The van der Waals surface area contributed by atoms with Crippen molar-refractivity contribution in [3.05, 3.63) is 0 Å². The fourth-order valence-electron chi connectivity index (χ4n) is 2.69. The van der Waals surface area contributed by atoms with E-state index in [-0.39, 0.29) is 5.91 Å². The van der Waals surface area contributed by atoms with Gasteiger partial charge in [-0.25, -0.2) is 0 Å². The topological polar surface area (TPSA) is 41.9 Å². The summed E-state index contributed by atoms with van der Waals surface area (Å²) in [6.45, 7) is 4.57. The van der Waals surface area contributed by atoms with Crippen molar-refractivity contribution in [2.24, 2.45) is 4.99 Å². The Morgan fingerprint density at radius 2 is 2.06 bits per heavy atom. The van der Waals surface area contributed by atoms with Crippen LogP contribution in [0.3, 0.4) is 0 Å². The van der Waals surface area contributed by atoms with Crippen LogP contribution in [0.1, 0.15) is 58.8 Å². The molecule has 1 aliphatic carbocycles. The molecule has 1 fully saturated rings. The number of unbranched alkanes of at least 4 members (excludes halogenated alkanes) is 1. The van der Waals surface area contributed by atoms with E-state index in [2.05, 4.69) is 6.92 Å². The maximum Gasteiger partial charge on any atom is 0.279 e. The van der Waals surface area contributed by atoms with Gasteiger partial charge in [0.15, 0.2) is 0 Å². The van der Waals surface area contributed by atoms with E-state index in [1.54, 1.807) is 0 Å². The highest BCUT2D eigenvalue weighted by Gasteiger charge is 2.50. The Kier molecular flexibility index (Phi) is 3.82. The monoisotopic (exact) mass is 238 g/mol. The number of rotatable bonds is 5.